The van der Waals surface area contributed by atoms with Gasteiger partial charge in [-0.2, -0.15) is 0 Å². The lowest BCUT2D eigenvalue weighted by Crippen LogP contribution is -2.45. The number of aromatic amines is 1. The van der Waals surface area contributed by atoms with E-state index in [4.69, 9.17) is 0 Å². The molecule has 3 heteroatoms. The monoisotopic (exact) mass is 205 g/mol. The van der Waals surface area contributed by atoms with E-state index in [9.17, 15) is 0 Å². The Morgan fingerprint density at radius 2 is 2.07 bits per heavy atom. The molecule has 82 valence electrons. The summed E-state index contributed by atoms with van der Waals surface area (Å²) in [4.78, 5) is 5.91. The third-order valence-corrected chi connectivity index (χ3v) is 3.74. The van der Waals surface area contributed by atoms with Gasteiger partial charge in [-0.15, -0.1) is 0 Å². The normalized spacial score (nSPS) is 27.6. The van der Waals surface area contributed by atoms with Crippen LogP contribution in [0.3, 0.4) is 0 Å². The molecule has 1 unspecified atom stereocenters. The van der Waals surface area contributed by atoms with Crippen molar-refractivity contribution in [1.82, 2.24) is 15.2 Å². The van der Waals surface area contributed by atoms with Gasteiger partial charge in [-0.25, -0.2) is 0 Å². The molecule has 3 nitrogen and oxygen atoms in total. The number of aryl methyl sites for hydroxylation is 1. The second-order valence-electron chi connectivity index (χ2n) is 4.63. The standard InChI is InChI=1S/C12H19N3/c1-2-10-8-14-9-11(10)12(3-1)15-6-4-13-5-7-15/h8-9,12-14H,1-7H2. The lowest BCUT2D eigenvalue weighted by molar-refractivity contribution is 0.158. The van der Waals surface area contributed by atoms with Crippen molar-refractivity contribution < 1.29 is 0 Å². The number of nitrogens with zero attached hydrogens (tertiary/aromatic N) is 1. The van der Waals surface area contributed by atoms with Crippen molar-refractivity contribution >= 4 is 0 Å². The number of H-pyrrole nitrogens is 1. The highest BCUT2D eigenvalue weighted by Crippen LogP contribution is 2.33. The van der Waals surface area contributed by atoms with Crippen LogP contribution >= 0.6 is 0 Å². The molecule has 1 saturated heterocycles. The summed E-state index contributed by atoms with van der Waals surface area (Å²) in [6.07, 6.45) is 8.34. The van der Waals surface area contributed by atoms with Gasteiger partial charge in [0, 0.05) is 44.6 Å². The number of nitrogens with one attached hydrogen (secondary N) is 2. The highest BCUT2D eigenvalue weighted by Gasteiger charge is 2.26. The van der Waals surface area contributed by atoms with E-state index in [0.717, 1.165) is 13.1 Å². The van der Waals surface area contributed by atoms with Gasteiger partial charge in [-0.3, -0.25) is 4.90 Å². The van der Waals surface area contributed by atoms with Crippen molar-refractivity contribution in [2.24, 2.45) is 0 Å². The summed E-state index contributed by atoms with van der Waals surface area (Å²) < 4.78 is 0. The topological polar surface area (TPSA) is 31.1 Å². The van der Waals surface area contributed by atoms with Crippen LogP contribution in [-0.4, -0.2) is 36.1 Å². The first-order valence-corrected chi connectivity index (χ1v) is 6.05. The summed E-state index contributed by atoms with van der Waals surface area (Å²) in [5.74, 6) is 0. The van der Waals surface area contributed by atoms with Crippen molar-refractivity contribution in [3.05, 3.63) is 23.5 Å². The SMILES string of the molecule is c1[nH]cc2c1CCCC2N1CCNCC1. The van der Waals surface area contributed by atoms with Gasteiger partial charge in [0.1, 0.15) is 0 Å². The minimum atomic E-state index is 0.682. The number of fused-ring (bicyclic) bond motifs is 1. The third kappa shape index (κ3) is 1.70. The summed E-state index contributed by atoms with van der Waals surface area (Å²) in [6, 6.07) is 0.682. The van der Waals surface area contributed by atoms with Gasteiger partial charge in [0.15, 0.2) is 0 Å². The van der Waals surface area contributed by atoms with E-state index in [1.807, 2.05) is 0 Å². The fourth-order valence-electron chi connectivity index (χ4n) is 2.95. The Kier molecular flexibility index (Phi) is 2.51. The van der Waals surface area contributed by atoms with Crippen LogP contribution in [0.1, 0.15) is 30.0 Å². The van der Waals surface area contributed by atoms with Gasteiger partial charge in [0.05, 0.1) is 0 Å². The summed E-state index contributed by atoms with van der Waals surface area (Å²) in [6.45, 7) is 4.71. The van der Waals surface area contributed by atoms with Crippen molar-refractivity contribution in [3.8, 4) is 0 Å². The van der Waals surface area contributed by atoms with E-state index in [-0.39, 0.29) is 0 Å². The maximum atomic E-state index is 3.42. The molecule has 15 heavy (non-hydrogen) atoms. The molecule has 2 aliphatic rings. The van der Waals surface area contributed by atoms with Crippen LogP contribution in [0.25, 0.3) is 0 Å². The molecule has 0 aromatic carbocycles. The third-order valence-electron chi connectivity index (χ3n) is 3.74. The van der Waals surface area contributed by atoms with Crippen molar-refractivity contribution in [1.29, 1.82) is 0 Å². The predicted octanol–water partition coefficient (Wildman–Crippen LogP) is 1.30. The zero-order valence-electron chi connectivity index (χ0n) is 9.13. The Morgan fingerprint density at radius 3 is 2.93 bits per heavy atom. The molecular weight excluding hydrogens is 186 g/mol. The molecule has 0 saturated carbocycles. The number of hydrogen-bond acceptors (Lipinski definition) is 2. The van der Waals surface area contributed by atoms with Gasteiger partial charge in [-0.1, -0.05) is 0 Å². The number of piperazine rings is 1. The van der Waals surface area contributed by atoms with Crippen molar-refractivity contribution in [2.45, 2.75) is 25.3 Å². The molecule has 0 spiro atoms. The van der Waals surface area contributed by atoms with E-state index in [1.165, 1.54) is 32.4 Å². The van der Waals surface area contributed by atoms with Crippen LogP contribution in [-0.2, 0) is 6.42 Å². The highest BCUT2D eigenvalue weighted by molar-refractivity contribution is 5.29. The number of hydrogen-bond donors (Lipinski definition) is 2. The summed E-state index contributed by atoms with van der Waals surface area (Å²) >= 11 is 0. The molecule has 2 N–H and O–H groups in total. The Balaban J connectivity index is 1.82. The average molecular weight is 205 g/mol. The van der Waals surface area contributed by atoms with Crippen LogP contribution in [0.15, 0.2) is 12.4 Å². The summed E-state index contributed by atoms with van der Waals surface area (Å²) in [5.41, 5.74) is 3.10. The Bertz CT molecular complexity index is 325. The fraction of sp³-hybridized carbons (Fsp3) is 0.667. The van der Waals surface area contributed by atoms with Gasteiger partial charge in [0.2, 0.25) is 0 Å². The van der Waals surface area contributed by atoms with E-state index in [2.05, 4.69) is 27.6 Å². The predicted molar refractivity (Wildman–Crippen MR) is 60.9 cm³/mol. The molecule has 0 radical (unpaired) electrons. The van der Waals surface area contributed by atoms with Crippen LogP contribution in [0.4, 0.5) is 0 Å². The molecular formula is C12H19N3. The number of aromatic nitrogens is 1. The molecule has 1 aromatic heterocycles. The maximum absolute atomic E-state index is 3.42. The van der Waals surface area contributed by atoms with Gasteiger partial charge in [-0.05, 0) is 30.4 Å². The van der Waals surface area contributed by atoms with Crippen molar-refractivity contribution in [3.63, 3.8) is 0 Å². The van der Waals surface area contributed by atoms with Crippen LogP contribution in [0, 0.1) is 0 Å². The zero-order chi connectivity index (χ0) is 10.1. The molecule has 1 aliphatic carbocycles. The smallest absolute Gasteiger partial charge is 0.0366 e. The molecule has 2 heterocycles. The first kappa shape index (κ1) is 9.43. The molecule has 1 fully saturated rings. The minimum Gasteiger partial charge on any atom is -0.367 e. The van der Waals surface area contributed by atoms with Crippen LogP contribution < -0.4 is 5.32 Å². The van der Waals surface area contributed by atoms with E-state index < -0.39 is 0 Å². The fourth-order valence-corrected chi connectivity index (χ4v) is 2.95. The van der Waals surface area contributed by atoms with Gasteiger partial charge >= 0.3 is 0 Å². The lowest BCUT2D eigenvalue weighted by atomic mass is 9.90. The van der Waals surface area contributed by atoms with Crippen LogP contribution in [0.5, 0.6) is 0 Å². The second kappa shape index (κ2) is 3.99. The Labute approximate surface area is 90.9 Å². The molecule has 0 bridgehead atoms. The van der Waals surface area contributed by atoms with E-state index in [1.54, 1.807) is 11.1 Å². The molecule has 1 aromatic rings. The Morgan fingerprint density at radius 1 is 1.20 bits per heavy atom. The lowest BCUT2D eigenvalue weighted by Gasteiger charge is -2.37. The van der Waals surface area contributed by atoms with E-state index in [0.29, 0.717) is 6.04 Å². The maximum Gasteiger partial charge on any atom is 0.0366 e. The second-order valence-corrected chi connectivity index (χ2v) is 4.63. The van der Waals surface area contributed by atoms with Crippen molar-refractivity contribution in [2.75, 3.05) is 26.2 Å². The zero-order valence-corrected chi connectivity index (χ0v) is 9.13. The minimum absolute atomic E-state index is 0.682. The molecule has 3 rings (SSSR count). The summed E-state index contributed by atoms with van der Waals surface area (Å²) in [7, 11) is 0. The van der Waals surface area contributed by atoms with Crippen LogP contribution in [0.2, 0.25) is 0 Å². The highest BCUT2D eigenvalue weighted by atomic mass is 15.2. The number of rotatable bonds is 1. The quantitative estimate of drug-likeness (QED) is 0.724. The first-order chi connectivity index (χ1) is 7.45. The summed E-state index contributed by atoms with van der Waals surface area (Å²) in [5, 5.41) is 3.42. The molecule has 1 aliphatic heterocycles. The van der Waals surface area contributed by atoms with E-state index >= 15 is 0 Å². The average Bonchev–Trinajstić information content (AvgIpc) is 2.78. The van der Waals surface area contributed by atoms with Gasteiger partial charge in [0.25, 0.3) is 0 Å². The van der Waals surface area contributed by atoms with Gasteiger partial charge < -0.3 is 10.3 Å². The largest absolute Gasteiger partial charge is 0.367 e. The first-order valence-electron chi connectivity index (χ1n) is 6.05. The Hall–Kier alpha value is -0.800. The molecule has 1 atom stereocenters. The molecule has 0 amide bonds.